The second-order valence-corrected chi connectivity index (χ2v) is 10.0. The van der Waals surface area contributed by atoms with Crippen molar-refractivity contribution in [2.45, 2.75) is 38.0 Å². The number of benzene rings is 2. The molecule has 7 nitrogen and oxygen atoms in total. The van der Waals surface area contributed by atoms with Gasteiger partial charge in [-0.1, -0.05) is 61.2 Å². The van der Waals surface area contributed by atoms with Gasteiger partial charge in [-0.3, -0.25) is 4.79 Å². The Balaban J connectivity index is 1.35. The van der Waals surface area contributed by atoms with E-state index >= 15 is 0 Å². The van der Waals surface area contributed by atoms with Crippen LogP contribution in [0.4, 0.5) is 5.82 Å². The molecule has 1 saturated heterocycles. The Bertz CT molecular complexity index is 1370. The van der Waals surface area contributed by atoms with Gasteiger partial charge < -0.3 is 9.80 Å². The highest BCUT2D eigenvalue weighted by atomic mass is 35.5. The number of nitrogens with zero attached hydrogens (tertiary/aromatic N) is 6. The third-order valence-electron chi connectivity index (χ3n) is 7.36. The van der Waals surface area contributed by atoms with Gasteiger partial charge in [0.05, 0.1) is 22.3 Å². The van der Waals surface area contributed by atoms with E-state index in [1.54, 1.807) is 0 Å². The number of carbonyl (C=O) groups excluding carboxylic acids is 1. The fourth-order valence-electron chi connectivity index (χ4n) is 5.38. The van der Waals surface area contributed by atoms with Gasteiger partial charge in [0.15, 0.2) is 5.65 Å². The predicted molar refractivity (Wildman–Crippen MR) is 142 cm³/mol. The molecule has 2 aromatic heterocycles. The number of fused-ring (bicyclic) bond motifs is 1. The van der Waals surface area contributed by atoms with Crippen LogP contribution < -0.4 is 4.90 Å². The van der Waals surface area contributed by atoms with Crippen molar-refractivity contribution in [3.63, 3.8) is 0 Å². The highest BCUT2D eigenvalue weighted by Crippen LogP contribution is 2.35. The maximum Gasteiger partial charge on any atom is 0.253 e. The first-order valence-corrected chi connectivity index (χ1v) is 13.2. The Hall–Kier alpha value is -3.45. The van der Waals surface area contributed by atoms with Crippen LogP contribution in [0.5, 0.6) is 0 Å². The smallest absolute Gasteiger partial charge is 0.253 e. The molecule has 1 aliphatic carbocycles. The van der Waals surface area contributed by atoms with Crippen molar-refractivity contribution in [3.05, 3.63) is 77.2 Å². The third-order valence-corrected chi connectivity index (χ3v) is 7.68. The molecule has 0 spiro atoms. The molecule has 3 heterocycles. The van der Waals surface area contributed by atoms with Gasteiger partial charge in [-0.2, -0.15) is 5.10 Å². The number of amides is 1. The molecule has 2 fully saturated rings. The number of halogens is 1. The van der Waals surface area contributed by atoms with Gasteiger partial charge in [-0.05, 0) is 37.1 Å². The summed E-state index contributed by atoms with van der Waals surface area (Å²) < 4.78 is 1.84. The molecule has 0 bridgehead atoms. The van der Waals surface area contributed by atoms with Crippen LogP contribution in [0.2, 0.25) is 5.02 Å². The minimum absolute atomic E-state index is 0.0810. The number of piperazine rings is 1. The fraction of sp³-hybridized carbons (Fsp3) is 0.357. The fourth-order valence-corrected chi connectivity index (χ4v) is 5.59. The number of hydrogen-bond acceptors (Lipinski definition) is 5. The van der Waals surface area contributed by atoms with Crippen molar-refractivity contribution in [1.29, 1.82) is 0 Å². The Morgan fingerprint density at radius 2 is 1.58 bits per heavy atom. The van der Waals surface area contributed by atoms with Crippen molar-refractivity contribution >= 4 is 34.4 Å². The summed E-state index contributed by atoms with van der Waals surface area (Å²) in [7, 11) is 0. The van der Waals surface area contributed by atoms with E-state index in [1.165, 1.54) is 19.3 Å². The minimum atomic E-state index is 0.0810. The van der Waals surface area contributed by atoms with Crippen LogP contribution in [0, 0.1) is 0 Å². The molecule has 4 aromatic rings. The lowest BCUT2D eigenvalue weighted by Crippen LogP contribution is -2.49. The first-order valence-electron chi connectivity index (χ1n) is 12.8. The molecule has 36 heavy (non-hydrogen) atoms. The summed E-state index contributed by atoms with van der Waals surface area (Å²) in [5.74, 6) is 2.24. The Labute approximate surface area is 215 Å². The van der Waals surface area contributed by atoms with Gasteiger partial charge in [0.25, 0.3) is 5.91 Å². The van der Waals surface area contributed by atoms with E-state index in [9.17, 15) is 4.79 Å². The van der Waals surface area contributed by atoms with E-state index < -0.39 is 0 Å². The van der Waals surface area contributed by atoms with Crippen LogP contribution in [-0.4, -0.2) is 56.7 Å². The maximum absolute atomic E-state index is 13.0. The van der Waals surface area contributed by atoms with E-state index in [0.29, 0.717) is 37.1 Å². The molecule has 184 valence electrons. The zero-order chi connectivity index (χ0) is 24.5. The number of anilines is 1. The predicted octanol–water partition coefficient (Wildman–Crippen LogP) is 5.48. The van der Waals surface area contributed by atoms with Crippen LogP contribution in [-0.2, 0) is 0 Å². The van der Waals surface area contributed by atoms with Gasteiger partial charge in [-0.25, -0.2) is 14.6 Å². The Kier molecular flexibility index (Phi) is 6.32. The molecule has 1 amide bonds. The lowest BCUT2D eigenvalue weighted by molar-refractivity contribution is 0.0746. The topological polar surface area (TPSA) is 67.2 Å². The van der Waals surface area contributed by atoms with E-state index in [1.807, 2.05) is 70.4 Å². The minimum Gasteiger partial charge on any atom is -0.352 e. The average Bonchev–Trinajstić information content (AvgIpc) is 3.37. The van der Waals surface area contributed by atoms with Gasteiger partial charge in [0, 0.05) is 37.7 Å². The molecule has 1 saturated carbocycles. The highest BCUT2D eigenvalue weighted by molar-refractivity contribution is 6.32. The second-order valence-electron chi connectivity index (χ2n) is 9.63. The summed E-state index contributed by atoms with van der Waals surface area (Å²) >= 11 is 6.54. The van der Waals surface area contributed by atoms with Crippen molar-refractivity contribution in [2.24, 2.45) is 0 Å². The molecule has 6 rings (SSSR count). The maximum atomic E-state index is 13.0. The van der Waals surface area contributed by atoms with Crippen LogP contribution in [0.1, 0.15) is 54.2 Å². The highest BCUT2D eigenvalue weighted by Gasteiger charge is 2.28. The zero-order valence-electron chi connectivity index (χ0n) is 20.2. The summed E-state index contributed by atoms with van der Waals surface area (Å²) in [5, 5.41) is 6.24. The SMILES string of the molecule is O=C(c1ccccc1)N1CCN(c2nc(C3CCCCC3)nc3c2cnn3-c2ccccc2Cl)CC1. The van der Waals surface area contributed by atoms with Crippen LogP contribution in [0.15, 0.2) is 60.8 Å². The largest absolute Gasteiger partial charge is 0.352 e. The Morgan fingerprint density at radius 3 is 2.33 bits per heavy atom. The summed E-state index contributed by atoms with van der Waals surface area (Å²) in [4.78, 5) is 27.4. The molecular weight excluding hydrogens is 472 g/mol. The molecule has 8 heteroatoms. The third kappa shape index (κ3) is 4.32. The Morgan fingerprint density at radius 1 is 0.861 bits per heavy atom. The van der Waals surface area contributed by atoms with Crippen LogP contribution in [0.3, 0.4) is 0 Å². The molecule has 2 aliphatic rings. The van der Waals surface area contributed by atoms with E-state index in [-0.39, 0.29) is 5.91 Å². The average molecular weight is 501 g/mol. The second kappa shape index (κ2) is 9.90. The summed E-state index contributed by atoms with van der Waals surface area (Å²) in [6.45, 7) is 2.73. The molecule has 0 radical (unpaired) electrons. The van der Waals surface area contributed by atoms with Crippen molar-refractivity contribution in [3.8, 4) is 5.69 Å². The van der Waals surface area contributed by atoms with Crippen molar-refractivity contribution in [1.82, 2.24) is 24.6 Å². The normalized spacial score (nSPS) is 17.0. The standard InChI is InChI=1S/C28H29ClN6O/c29-23-13-7-8-14-24(23)35-27-22(19-30-35)26(31-25(32-27)20-9-3-1-4-10-20)33-15-17-34(18-16-33)28(36)21-11-5-2-6-12-21/h2,5-8,11-14,19-20H,1,3-4,9-10,15-18H2. The van der Waals surface area contributed by atoms with Crippen molar-refractivity contribution < 1.29 is 4.79 Å². The quantitative estimate of drug-likeness (QED) is 0.371. The lowest BCUT2D eigenvalue weighted by Gasteiger charge is -2.36. The van der Waals surface area contributed by atoms with E-state index in [2.05, 4.69) is 10.00 Å². The van der Waals surface area contributed by atoms with E-state index in [4.69, 9.17) is 21.6 Å². The van der Waals surface area contributed by atoms with Crippen molar-refractivity contribution in [2.75, 3.05) is 31.1 Å². The first-order chi connectivity index (χ1) is 17.7. The number of rotatable bonds is 4. The lowest BCUT2D eigenvalue weighted by atomic mass is 9.88. The van der Waals surface area contributed by atoms with Crippen LogP contribution >= 0.6 is 11.6 Å². The summed E-state index contributed by atoms with van der Waals surface area (Å²) in [6, 6.07) is 17.2. The van der Waals surface area contributed by atoms with Gasteiger partial charge in [-0.15, -0.1) is 0 Å². The number of para-hydroxylation sites is 1. The molecule has 2 aromatic carbocycles. The summed E-state index contributed by atoms with van der Waals surface area (Å²) in [6.07, 6.45) is 7.78. The molecule has 0 N–H and O–H groups in total. The van der Waals surface area contributed by atoms with Gasteiger partial charge in [0.2, 0.25) is 0 Å². The molecular formula is C28H29ClN6O. The number of carbonyl (C=O) groups is 1. The van der Waals surface area contributed by atoms with Gasteiger partial charge >= 0.3 is 0 Å². The number of hydrogen-bond donors (Lipinski definition) is 0. The molecule has 0 atom stereocenters. The summed E-state index contributed by atoms with van der Waals surface area (Å²) in [5.41, 5.74) is 2.33. The van der Waals surface area contributed by atoms with E-state index in [0.717, 1.165) is 46.8 Å². The monoisotopic (exact) mass is 500 g/mol. The molecule has 0 unspecified atom stereocenters. The zero-order valence-corrected chi connectivity index (χ0v) is 20.9. The first kappa shape index (κ1) is 23.0. The van der Waals surface area contributed by atoms with Crippen LogP contribution in [0.25, 0.3) is 16.7 Å². The molecule has 1 aliphatic heterocycles. The van der Waals surface area contributed by atoms with Gasteiger partial charge in [0.1, 0.15) is 11.6 Å². The number of aromatic nitrogens is 4.